The van der Waals surface area contributed by atoms with Crippen LogP contribution >= 0.6 is 0 Å². The molecule has 0 saturated heterocycles. The third-order valence-electron chi connectivity index (χ3n) is 8.67. The SMILES string of the molecule is Cc1c(Nc2ccccc2)c(C(=O)OC2CCC3CCCCC3C2)c(N)c2c1C(=O)c1ccccc1C2=O. The van der Waals surface area contributed by atoms with Crippen LogP contribution in [0.2, 0.25) is 0 Å². The molecule has 0 spiro atoms. The highest BCUT2D eigenvalue weighted by atomic mass is 16.5. The molecule has 194 valence electrons. The van der Waals surface area contributed by atoms with Gasteiger partial charge in [-0.15, -0.1) is 0 Å². The van der Waals surface area contributed by atoms with Crippen molar-refractivity contribution in [2.45, 2.75) is 58.0 Å². The lowest BCUT2D eigenvalue weighted by molar-refractivity contribution is -0.000751. The second kappa shape index (κ2) is 9.75. The number of rotatable bonds is 4. The zero-order valence-corrected chi connectivity index (χ0v) is 21.6. The predicted octanol–water partition coefficient (Wildman–Crippen LogP) is 6.61. The van der Waals surface area contributed by atoms with Gasteiger partial charge in [0.1, 0.15) is 11.7 Å². The Morgan fingerprint density at radius 3 is 2.18 bits per heavy atom. The average molecular weight is 509 g/mol. The number of esters is 1. The Morgan fingerprint density at radius 2 is 1.47 bits per heavy atom. The maximum atomic E-state index is 13.8. The molecule has 3 N–H and O–H groups in total. The van der Waals surface area contributed by atoms with Gasteiger partial charge in [0.25, 0.3) is 0 Å². The first kappa shape index (κ1) is 24.4. The van der Waals surface area contributed by atoms with Crippen LogP contribution in [0.3, 0.4) is 0 Å². The Morgan fingerprint density at radius 1 is 0.842 bits per heavy atom. The highest BCUT2D eigenvalue weighted by Gasteiger charge is 2.39. The molecule has 0 amide bonds. The maximum absolute atomic E-state index is 13.8. The summed E-state index contributed by atoms with van der Waals surface area (Å²) in [6.45, 7) is 1.76. The predicted molar refractivity (Wildman–Crippen MR) is 147 cm³/mol. The molecule has 3 aromatic rings. The first-order chi connectivity index (χ1) is 18.4. The van der Waals surface area contributed by atoms with E-state index in [2.05, 4.69) is 5.32 Å². The number of hydrogen-bond donors (Lipinski definition) is 2. The third-order valence-corrected chi connectivity index (χ3v) is 8.67. The standard InChI is InChI=1S/C32H32N2O4/c1-18-25-26(31(36)24-14-8-7-13-23(24)30(25)35)28(33)27(29(18)34-21-11-3-2-4-12-21)32(37)38-22-16-15-19-9-5-6-10-20(19)17-22/h2-4,7-8,11-14,19-20,22,34H,5-6,9-10,15-17,33H2,1H3. The van der Waals surface area contributed by atoms with E-state index in [1.807, 2.05) is 30.3 Å². The van der Waals surface area contributed by atoms with Gasteiger partial charge in [0.2, 0.25) is 0 Å². The number of fused-ring (bicyclic) bond motifs is 3. The number of nitrogens with one attached hydrogen (secondary N) is 1. The zero-order chi connectivity index (χ0) is 26.4. The number of carbonyl (C=O) groups is 3. The van der Waals surface area contributed by atoms with Crippen molar-refractivity contribution in [2.75, 3.05) is 11.1 Å². The Bertz CT molecular complexity index is 1450. The van der Waals surface area contributed by atoms with Crippen LogP contribution in [-0.2, 0) is 4.74 Å². The quantitative estimate of drug-likeness (QED) is 0.238. The van der Waals surface area contributed by atoms with Crippen molar-refractivity contribution < 1.29 is 19.1 Å². The van der Waals surface area contributed by atoms with Crippen molar-refractivity contribution in [1.29, 1.82) is 0 Å². The lowest BCUT2D eigenvalue weighted by Gasteiger charge is -2.39. The summed E-state index contributed by atoms with van der Waals surface area (Å²) in [4.78, 5) is 41.1. The topological polar surface area (TPSA) is 98.5 Å². The highest BCUT2D eigenvalue weighted by Crippen LogP contribution is 2.44. The fourth-order valence-electron chi connectivity index (χ4n) is 6.74. The Hall–Kier alpha value is -3.93. The van der Waals surface area contributed by atoms with Crippen molar-refractivity contribution in [2.24, 2.45) is 11.8 Å². The maximum Gasteiger partial charge on any atom is 0.342 e. The molecule has 6 heteroatoms. The van der Waals surface area contributed by atoms with Crippen molar-refractivity contribution in [3.63, 3.8) is 0 Å². The molecule has 38 heavy (non-hydrogen) atoms. The fraction of sp³-hybridized carbons (Fsp3) is 0.344. The molecule has 3 aliphatic carbocycles. The zero-order valence-electron chi connectivity index (χ0n) is 21.6. The Balaban J connectivity index is 1.43. The van der Waals surface area contributed by atoms with Crippen molar-refractivity contribution >= 4 is 34.6 Å². The molecule has 2 fully saturated rings. The number of benzene rings is 3. The van der Waals surface area contributed by atoms with Crippen LogP contribution in [0.4, 0.5) is 17.1 Å². The number of nitrogen functional groups attached to an aromatic ring is 1. The molecule has 0 heterocycles. The monoisotopic (exact) mass is 508 g/mol. The van der Waals surface area contributed by atoms with E-state index in [0.717, 1.165) is 30.9 Å². The summed E-state index contributed by atoms with van der Waals surface area (Å²) < 4.78 is 6.11. The fourth-order valence-corrected chi connectivity index (χ4v) is 6.74. The minimum Gasteiger partial charge on any atom is -0.459 e. The summed E-state index contributed by atoms with van der Waals surface area (Å²) in [6, 6.07) is 16.1. The van der Waals surface area contributed by atoms with Crippen LogP contribution in [0.15, 0.2) is 54.6 Å². The van der Waals surface area contributed by atoms with E-state index >= 15 is 0 Å². The highest BCUT2D eigenvalue weighted by molar-refractivity contribution is 6.32. The van der Waals surface area contributed by atoms with E-state index < -0.39 is 5.97 Å². The minimum absolute atomic E-state index is 0.00626. The van der Waals surface area contributed by atoms with Gasteiger partial charge in [-0.1, -0.05) is 68.1 Å². The van der Waals surface area contributed by atoms with E-state index in [9.17, 15) is 14.4 Å². The molecule has 3 aliphatic rings. The third kappa shape index (κ3) is 4.08. The first-order valence-corrected chi connectivity index (χ1v) is 13.6. The Labute approximate surface area is 222 Å². The number of ether oxygens (including phenoxy) is 1. The normalized spacial score (nSPS) is 22.2. The molecule has 0 bridgehead atoms. The van der Waals surface area contributed by atoms with Crippen molar-refractivity contribution in [1.82, 2.24) is 0 Å². The second-order valence-corrected chi connectivity index (χ2v) is 10.9. The van der Waals surface area contributed by atoms with Gasteiger partial charge in [-0.25, -0.2) is 4.79 Å². The van der Waals surface area contributed by atoms with Crippen LogP contribution in [-0.4, -0.2) is 23.6 Å². The number of anilines is 3. The molecule has 6 nitrogen and oxygen atoms in total. The smallest absolute Gasteiger partial charge is 0.342 e. The number of hydrogen-bond acceptors (Lipinski definition) is 6. The van der Waals surface area contributed by atoms with Gasteiger partial charge in [-0.05, 0) is 55.7 Å². The summed E-state index contributed by atoms with van der Waals surface area (Å²) in [7, 11) is 0. The molecule has 0 aromatic heterocycles. The summed E-state index contributed by atoms with van der Waals surface area (Å²) in [6.07, 6.45) is 7.58. The lowest BCUT2D eigenvalue weighted by atomic mass is 9.70. The van der Waals surface area contributed by atoms with E-state index in [1.165, 1.54) is 25.7 Å². The number of para-hydroxylation sites is 1. The van der Waals surface area contributed by atoms with E-state index in [-0.39, 0.29) is 40.0 Å². The average Bonchev–Trinajstić information content (AvgIpc) is 2.94. The second-order valence-electron chi connectivity index (χ2n) is 10.9. The lowest BCUT2D eigenvalue weighted by Crippen LogP contribution is -2.33. The summed E-state index contributed by atoms with van der Waals surface area (Å²) in [5.41, 5.74) is 9.38. The largest absolute Gasteiger partial charge is 0.459 e. The van der Waals surface area contributed by atoms with Gasteiger partial charge in [0.15, 0.2) is 11.6 Å². The molecule has 3 unspecified atom stereocenters. The van der Waals surface area contributed by atoms with Crippen molar-refractivity contribution in [3.8, 4) is 0 Å². The summed E-state index contributed by atoms with van der Waals surface area (Å²) in [5, 5.41) is 3.31. The van der Waals surface area contributed by atoms with Gasteiger partial charge in [0.05, 0.1) is 16.9 Å². The van der Waals surface area contributed by atoms with E-state index in [4.69, 9.17) is 10.5 Å². The molecule has 2 saturated carbocycles. The van der Waals surface area contributed by atoms with Gasteiger partial charge >= 0.3 is 5.97 Å². The number of carbonyl (C=O) groups excluding carboxylic acids is 3. The van der Waals surface area contributed by atoms with Crippen LogP contribution in [0.1, 0.15) is 92.7 Å². The first-order valence-electron chi connectivity index (χ1n) is 13.6. The molecule has 3 atom stereocenters. The molecule has 0 aliphatic heterocycles. The summed E-state index contributed by atoms with van der Waals surface area (Å²) >= 11 is 0. The Kier molecular flexibility index (Phi) is 6.26. The molecule has 6 rings (SSSR count). The number of ketones is 2. The molecular weight excluding hydrogens is 476 g/mol. The van der Waals surface area contributed by atoms with Gasteiger partial charge in [0, 0.05) is 22.4 Å². The number of nitrogens with two attached hydrogens (primary N) is 1. The van der Waals surface area contributed by atoms with Crippen molar-refractivity contribution in [3.05, 3.63) is 88.0 Å². The van der Waals surface area contributed by atoms with E-state index in [0.29, 0.717) is 28.3 Å². The van der Waals surface area contributed by atoms with Gasteiger partial charge in [-0.3, -0.25) is 9.59 Å². The van der Waals surface area contributed by atoms with Crippen LogP contribution < -0.4 is 11.1 Å². The molecule has 3 aromatic carbocycles. The molecular formula is C32H32N2O4. The van der Waals surface area contributed by atoms with Crippen LogP contribution in [0.25, 0.3) is 0 Å². The van der Waals surface area contributed by atoms with E-state index in [1.54, 1.807) is 31.2 Å². The van der Waals surface area contributed by atoms with Crippen LogP contribution in [0.5, 0.6) is 0 Å². The summed E-state index contributed by atoms with van der Waals surface area (Å²) in [5.74, 6) is 0.152. The van der Waals surface area contributed by atoms with Gasteiger partial charge < -0.3 is 15.8 Å². The van der Waals surface area contributed by atoms with Crippen LogP contribution in [0, 0.1) is 18.8 Å². The van der Waals surface area contributed by atoms with Gasteiger partial charge in [-0.2, -0.15) is 0 Å². The minimum atomic E-state index is -0.551. The molecule has 0 radical (unpaired) electrons.